The lowest BCUT2D eigenvalue weighted by Gasteiger charge is -2.13. The van der Waals surface area contributed by atoms with Crippen molar-refractivity contribution in [3.63, 3.8) is 0 Å². The fourth-order valence-corrected chi connectivity index (χ4v) is 2.50. The summed E-state index contributed by atoms with van der Waals surface area (Å²) in [6, 6.07) is 13.7. The van der Waals surface area contributed by atoms with Crippen molar-refractivity contribution in [2.75, 3.05) is 0 Å². The summed E-state index contributed by atoms with van der Waals surface area (Å²) in [5.41, 5.74) is -0.378. The standard InChI is InChI=1S/C18H15F3N4O/c19-18(20,21)16-15(17(26)23-10-14-8-4-5-9-22-14)11-24-25(16)12-13-6-2-1-3-7-13/h1-9,11H,10,12H2,(H,23,26). The number of alkyl halides is 3. The maximum Gasteiger partial charge on any atom is 0.433 e. The van der Waals surface area contributed by atoms with Crippen molar-refractivity contribution in [2.24, 2.45) is 0 Å². The first-order valence-corrected chi connectivity index (χ1v) is 7.80. The molecule has 0 aliphatic heterocycles. The van der Waals surface area contributed by atoms with Crippen LogP contribution in [0.15, 0.2) is 60.9 Å². The van der Waals surface area contributed by atoms with Gasteiger partial charge in [0.2, 0.25) is 0 Å². The van der Waals surface area contributed by atoms with Gasteiger partial charge in [0.05, 0.1) is 30.5 Å². The molecule has 0 fully saturated rings. The zero-order valence-corrected chi connectivity index (χ0v) is 13.6. The molecule has 0 aliphatic rings. The monoisotopic (exact) mass is 360 g/mol. The Bertz CT molecular complexity index is 876. The van der Waals surface area contributed by atoms with Crippen LogP contribution in [-0.2, 0) is 19.3 Å². The molecule has 8 heteroatoms. The van der Waals surface area contributed by atoms with Crippen molar-refractivity contribution in [1.29, 1.82) is 0 Å². The van der Waals surface area contributed by atoms with E-state index in [4.69, 9.17) is 0 Å². The first-order chi connectivity index (χ1) is 12.4. The van der Waals surface area contributed by atoms with Crippen molar-refractivity contribution < 1.29 is 18.0 Å². The molecule has 0 aliphatic carbocycles. The molecule has 134 valence electrons. The van der Waals surface area contributed by atoms with E-state index >= 15 is 0 Å². The Morgan fingerprint density at radius 3 is 2.46 bits per heavy atom. The molecule has 0 unspecified atom stereocenters. The predicted molar refractivity (Wildman–Crippen MR) is 88.2 cm³/mol. The maximum atomic E-state index is 13.5. The van der Waals surface area contributed by atoms with Crippen molar-refractivity contribution in [3.8, 4) is 0 Å². The molecule has 26 heavy (non-hydrogen) atoms. The summed E-state index contributed by atoms with van der Waals surface area (Å²) in [4.78, 5) is 16.3. The summed E-state index contributed by atoms with van der Waals surface area (Å²) in [7, 11) is 0. The van der Waals surface area contributed by atoms with E-state index in [1.807, 2.05) is 0 Å². The number of carbonyl (C=O) groups excluding carboxylic acids is 1. The van der Waals surface area contributed by atoms with E-state index < -0.39 is 23.3 Å². The van der Waals surface area contributed by atoms with Crippen LogP contribution >= 0.6 is 0 Å². The minimum atomic E-state index is -4.71. The second-order valence-electron chi connectivity index (χ2n) is 5.55. The number of carbonyl (C=O) groups is 1. The second kappa shape index (κ2) is 7.38. The van der Waals surface area contributed by atoms with E-state index in [1.54, 1.807) is 54.7 Å². The van der Waals surface area contributed by atoms with Gasteiger partial charge in [0, 0.05) is 6.20 Å². The third-order valence-corrected chi connectivity index (χ3v) is 3.68. The molecule has 3 aromatic rings. The van der Waals surface area contributed by atoms with Crippen molar-refractivity contribution in [1.82, 2.24) is 20.1 Å². The van der Waals surface area contributed by atoms with Gasteiger partial charge >= 0.3 is 6.18 Å². The number of pyridine rings is 1. The van der Waals surface area contributed by atoms with Gasteiger partial charge in [0.25, 0.3) is 5.91 Å². The van der Waals surface area contributed by atoms with Crippen LogP contribution < -0.4 is 5.32 Å². The van der Waals surface area contributed by atoms with E-state index in [9.17, 15) is 18.0 Å². The smallest absolute Gasteiger partial charge is 0.346 e. The van der Waals surface area contributed by atoms with Crippen molar-refractivity contribution in [2.45, 2.75) is 19.3 Å². The molecule has 0 saturated carbocycles. The molecular weight excluding hydrogens is 345 g/mol. The van der Waals surface area contributed by atoms with E-state index in [0.29, 0.717) is 11.3 Å². The van der Waals surface area contributed by atoms with Gasteiger partial charge in [-0.15, -0.1) is 0 Å². The summed E-state index contributed by atoms with van der Waals surface area (Å²) in [6.45, 7) is -0.0515. The van der Waals surface area contributed by atoms with E-state index in [0.717, 1.165) is 10.9 Å². The highest BCUT2D eigenvalue weighted by atomic mass is 19.4. The van der Waals surface area contributed by atoms with Crippen LogP contribution in [0.2, 0.25) is 0 Å². The summed E-state index contributed by atoms with van der Waals surface area (Å²) in [5, 5.41) is 6.22. The lowest BCUT2D eigenvalue weighted by molar-refractivity contribution is -0.144. The number of nitrogens with one attached hydrogen (secondary N) is 1. The molecule has 0 bridgehead atoms. The molecule has 0 spiro atoms. The predicted octanol–water partition coefficient (Wildman–Crippen LogP) is 3.28. The Kier molecular flexibility index (Phi) is 5.01. The first kappa shape index (κ1) is 17.7. The van der Waals surface area contributed by atoms with Crippen LogP contribution in [0.1, 0.15) is 27.3 Å². The normalized spacial score (nSPS) is 11.3. The van der Waals surface area contributed by atoms with E-state index in [2.05, 4.69) is 15.4 Å². The quantitative estimate of drug-likeness (QED) is 0.760. The second-order valence-corrected chi connectivity index (χ2v) is 5.55. The van der Waals surface area contributed by atoms with Crippen molar-refractivity contribution in [3.05, 3.63) is 83.4 Å². The zero-order chi connectivity index (χ0) is 18.6. The average molecular weight is 360 g/mol. The minimum absolute atomic E-state index is 0.0286. The molecule has 1 aromatic carbocycles. The summed E-state index contributed by atoms with van der Waals surface area (Å²) >= 11 is 0. The number of hydrogen-bond donors (Lipinski definition) is 1. The molecular formula is C18H15F3N4O. The third kappa shape index (κ3) is 4.08. The molecule has 3 rings (SSSR count). The van der Waals surface area contributed by atoms with Gasteiger partial charge in [-0.05, 0) is 17.7 Å². The summed E-state index contributed by atoms with van der Waals surface area (Å²) < 4.78 is 41.3. The Labute approximate surface area is 147 Å². The van der Waals surface area contributed by atoms with Gasteiger partial charge < -0.3 is 5.32 Å². The topological polar surface area (TPSA) is 59.8 Å². The SMILES string of the molecule is O=C(NCc1ccccn1)c1cnn(Cc2ccccc2)c1C(F)(F)F. The van der Waals surface area contributed by atoms with Gasteiger partial charge in [0.15, 0.2) is 5.69 Å². The lowest BCUT2D eigenvalue weighted by Crippen LogP contribution is -2.27. The number of hydrogen-bond acceptors (Lipinski definition) is 3. The fraction of sp³-hybridized carbons (Fsp3) is 0.167. The number of nitrogens with zero attached hydrogens (tertiary/aromatic N) is 3. The molecule has 1 N–H and O–H groups in total. The van der Waals surface area contributed by atoms with Crippen LogP contribution in [0, 0.1) is 0 Å². The number of benzene rings is 1. The highest BCUT2D eigenvalue weighted by Crippen LogP contribution is 2.32. The lowest BCUT2D eigenvalue weighted by atomic mass is 10.2. The summed E-state index contributed by atoms with van der Waals surface area (Å²) in [6.07, 6.45) is -2.22. The highest BCUT2D eigenvalue weighted by Gasteiger charge is 2.40. The molecule has 2 heterocycles. The zero-order valence-electron chi connectivity index (χ0n) is 13.6. The highest BCUT2D eigenvalue weighted by molar-refractivity contribution is 5.95. The number of halogens is 3. The van der Waals surface area contributed by atoms with Crippen LogP contribution in [0.5, 0.6) is 0 Å². The van der Waals surface area contributed by atoms with Gasteiger partial charge in [0.1, 0.15) is 0 Å². The van der Waals surface area contributed by atoms with Gasteiger partial charge in [-0.2, -0.15) is 18.3 Å². The molecule has 0 atom stereocenters. The van der Waals surface area contributed by atoms with Crippen LogP contribution in [0.3, 0.4) is 0 Å². The van der Waals surface area contributed by atoms with Gasteiger partial charge in [-0.25, -0.2) is 0 Å². The number of rotatable bonds is 5. The van der Waals surface area contributed by atoms with Gasteiger partial charge in [-0.3, -0.25) is 14.5 Å². The van der Waals surface area contributed by atoms with E-state index in [1.165, 1.54) is 0 Å². The molecule has 1 amide bonds. The Balaban J connectivity index is 1.83. The van der Waals surface area contributed by atoms with Crippen molar-refractivity contribution >= 4 is 5.91 Å². The third-order valence-electron chi connectivity index (χ3n) is 3.68. The molecule has 0 radical (unpaired) electrons. The van der Waals surface area contributed by atoms with E-state index in [-0.39, 0.29) is 13.1 Å². The Hall–Kier alpha value is -3.16. The number of aromatic nitrogens is 3. The molecule has 0 saturated heterocycles. The largest absolute Gasteiger partial charge is 0.433 e. The summed E-state index contributed by atoms with van der Waals surface area (Å²) in [5.74, 6) is -0.845. The minimum Gasteiger partial charge on any atom is -0.346 e. The Morgan fingerprint density at radius 2 is 1.81 bits per heavy atom. The van der Waals surface area contributed by atoms with Crippen LogP contribution in [0.25, 0.3) is 0 Å². The molecule has 5 nitrogen and oxygen atoms in total. The first-order valence-electron chi connectivity index (χ1n) is 7.80. The molecule has 2 aromatic heterocycles. The fourth-order valence-electron chi connectivity index (χ4n) is 2.50. The van der Waals surface area contributed by atoms with Crippen LogP contribution in [-0.4, -0.2) is 20.7 Å². The van der Waals surface area contributed by atoms with Crippen LogP contribution in [0.4, 0.5) is 13.2 Å². The number of amides is 1. The maximum absolute atomic E-state index is 13.5. The average Bonchev–Trinajstić information content (AvgIpc) is 3.05. The Morgan fingerprint density at radius 1 is 1.08 bits per heavy atom. The van der Waals surface area contributed by atoms with Gasteiger partial charge in [-0.1, -0.05) is 36.4 Å².